The summed E-state index contributed by atoms with van der Waals surface area (Å²) in [7, 11) is 1.46. The number of para-hydroxylation sites is 1. The molecule has 0 radical (unpaired) electrons. The van der Waals surface area contributed by atoms with Gasteiger partial charge >= 0.3 is 5.63 Å². The number of Topliss-reactive ketones (excluding diaryl/α,β-unsaturated/α-hetero) is 1. The number of ketones is 1. The summed E-state index contributed by atoms with van der Waals surface area (Å²) < 4.78 is 10.7. The van der Waals surface area contributed by atoms with Crippen molar-refractivity contribution in [2.75, 3.05) is 7.11 Å². The standard InChI is InChI=1S/C20H18O4/c1-3-14(13-9-5-4-6-10-13)18(21)17-19(23-2)15-11-7-8-12-16(15)24-20(17)22/h4-12,14H,3H2,1-2H3/t14-/m0/s1. The van der Waals surface area contributed by atoms with Crippen LogP contribution in [-0.4, -0.2) is 12.9 Å². The van der Waals surface area contributed by atoms with Crippen LogP contribution in [0.1, 0.15) is 35.2 Å². The van der Waals surface area contributed by atoms with Gasteiger partial charge in [0.2, 0.25) is 0 Å². The predicted octanol–water partition coefficient (Wildman–Crippen LogP) is 4.18. The van der Waals surface area contributed by atoms with E-state index in [1.165, 1.54) is 7.11 Å². The van der Waals surface area contributed by atoms with Crippen LogP contribution in [0.5, 0.6) is 5.75 Å². The normalized spacial score (nSPS) is 12.1. The molecule has 122 valence electrons. The molecule has 0 aliphatic heterocycles. The Kier molecular flexibility index (Phi) is 4.47. The maximum Gasteiger partial charge on any atom is 0.351 e. The van der Waals surface area contributed by atoms with Crippen molar-refractivity contribution >= 4 is 16.8 Å². The molecule has 0 unspecified atom stereocenters. The van der Waals surface area contributed by atoms with Crippen LogP contribution in [-0.2, 0) is 0 Å². The van der Waals surface area contributed by atoms with Gasteiger partial charge in [-0.1, -0.05) is 49.4 Å². The summed E-state index contributed by atoms with van der Waals surface area (Å²) in [4.78, 5) is 25.5. The van der Waals surface area contributed by atoms with Crippen LogP contribution in [0.15, 0.2) is 63.8 Å². The van der Waals surface area contributed by atoms with E-state index in [0.717, 1.165) is 5.56 Å². The summed E-state index contributed by atoms with van der Waals surface area (Å²) in [6.07, 6.45) is 0.582. The van der Waals surface area contributed by atoms with Crippen molar-refractivity contribution < 1.29 is 13.9 Å². The largest absolute Gasteiger partial charge is 0.495 e. The third kappa shape index (κ3) is 2.71. The van der Waals surface area contributed by atoms with Gasteiger partial charge in [0.05, 0.1) is 12.5 Å². The summed E-state index contributed by atoms with van der Waals surface area (Å²) >= 11 is 0. The molecule has 3 aromatic rings. The zero-order chi connectivity index (χ0) is 17.1. The van der Waals surface area contributed by atoms with Crippen molar-refractivity contribution in [3.05, 3.63) is 76.1 Å². The predicted molar refractivity (Wildman–Crippen MR) is 92.8 cm³/mol. The van der Waals surface area contributed by atoms with E-state index in [-0.39, 0.29) is 17.1 Å². The van der Waals surface area contributed by atoms with E-state index >= 15 is 0 Å². The molecule has 4 heteroatoms. The number of fused-ring (bicyclic) bond motifs is 1. The van der Waals surface area contributed by atoms with Gasteiger partial charge in [-0.15, -0.1) is 0 Å². The Morgan fingerprint density at radius 1 is 1.08 bits per heavy atom. The number of benzene rings is 2. The molecule has 0 spiro atoms. The molecule has 1 heterocycles. The molecule has 0 amide bonds. The van der Waals surface area contributed by atoms with E-state index in [1.54, 1.807) is 18.2 Å². The average Bonchev–Trinajstić information content (AvgIpc) is 2.61. The van der Waals surface area contributed by atoms with Crippen LogP contribution in [0.4, 0.5) is 0 Å². The third-order valence-corrected chi connectivity index (χ3v) is 4.14. The molecule has 1 atom stereocenters. The Morgan fingerprint density at radius 2 is 1.75 bits per heavy atom. The maximum absolute atomic E-state index is 13.1. The van der Waals surface area contributed by atoms with E-state index in [2.05, 4.69) is 0 Å². The fraction of sp³-hybridized carbons (Fsp3) is 0.200. The Labute approximate surface area is 139 Å². The molecule has 4 nitrogen and oxygen atoms in total. The summed E-state index contributed by atoms with van der Waals surface area (Å²) in [6, 6.07) is 16.5. The second-order valence-corrected chi connectivity index (χ2v) is 5.53. The minimum atomic E-state index is -0.662. The van der Waals surface area contributed by atoms with Gasteiger partial charge in [0.1, 0.15) is 16.9 Å². The summed E-state index contributed by atoms with van der Waals surface area (Å²) in [5.74, 6) is -0.412. The lowest BCUT2D eigenvalue weighted by Crippen LogP contribution is -2.21. The van der Waals surface area contributed by atoms with Crippen LogP contribution in [0.25, 0.3) is 11.0 Å². The first-order valence-electron chi connectivity index (χ1n) is 7.86. The van der Waals surface area contributed by atoms with Crippen LogP contribution in [0.3, 0.4) is 0 Å². The SMILES string of the molecule is CC[C@H](C(=O)c1c(OC)c2ccccc2oc1=O)c1ccccc1. The Morgan fingerprint density at radius 3 is 2.42 bits per heavy atom. The van der Waals surface area contributed by atoms with Gasteiger partial charge in [0.25, 0.3) is 0 Å². The number of ether oxygens (including phenoxy) is 1. The highest BCUT2D eigenvalue weighted by molar-refractivity contribution is 6.06. The first-order chi connectivity index (χ1) is 11.7. The van der Waals surface area contributed by atoms with Gasteiger partial charge in [0, 0.05) is 5.92 Å². The summed E-state index contributed by atoms with van der Waals surface area (Å²) in [6.45, 7) is 1.92. The van der Waals surface area contributed by atoms with E-state index < -0.39 is 11.5 Å². The lowest BCUT2D eigenvalue weighted by molar-refractivity contribution is 0.0950. The van der Waals surface area contributed by atoms with Crippen molar-refractivity contribution in [1.29, 1.82) is 0 Å². The Hall–Kier alpha value is -2.88. The highest BCUT2D eigenvalue weighted by Crippen LogP contribution is 2.32. The lowest BCUT2D eigenvalue weighted by Gasteiger charge is -2.16. The smallest absolute Gasteiger partial charge is 0.351 e. The van der Waals surface area contributed by atoms with E-state index in [4.69, 9.17) is 9.15 Å². The molecular formula is C20H18O4. The lowest BCUT2D eigenvalue weighted by atomic mass is 9.88. The first kappa shape index (κ1) is 16.0. The highest BCUT2D eigenvalue weighted by Gasteiger charge is 2.28. The number of hydrogen-bond acceptors (Lipinski definition) is 4. The molecule has 0 N–H and O–H groups in total. The fourth-order valence-corrected chi connectivity index (χ4v) is 2.98. The number of rotatable bonds is 5. The van der Waals surface area contributed by atoms with Crippen LogP contribution in [0.2, 0.25) is 0 Å². The summed E-state index contributed by atoms with van der Waals surface area (Å²) in [5, 5.41) is 0.617. The topological polar surface area (TPSA) is 56.5 Å². The average molecular weight is 322 g/mol. The quantitative estimate of drug-likeness (QED) is 0.522. The third-order valence-electron chi connectivity index (χ3n) is 4.14. The molecule has 3 rings (SSSR count). The second kappa shape index (κ2) is 6.71. The van der Waals surface area contributed by atoms with Gasteiger partial charge in [-0.3, -0.25) is 4.79 Å². The van der Waals surface area contributed by atoms with Crippen LogP contribution >= 0.6 is 0 Å². The van der Waals surface area contributed by atoms with Crippen molar-refractivity contribution in [3.8, 4) is 5.75 Å². The van der Waals surface area contributed by atoms with E-state index in [1.807, 2.05) is 43.3 Å². The van der Waals surface area contributed by atoms with E-state index in [0.29, 0.717) is 17.4 Å². The number of carbonyl (C=O) groups is 1. The fourth-order valence-electron chi connectivity index (χ4n) is 2.98. The van der Waals surface area contributed by atoms with Crippen LogP contribution in [0, 0.1) is 0 Å². The molecule has 0 saturated heterocycles. The van der Waals surface area contributed by atoms with Crippen molar-refractivity contribution in [1.82, 2.24) is 0 Å². The Bertz CT molecular complexity index is 925. The number of methoxy groups -OCH3 is 1. The molecular weight excluding hydrogens is 304 g/mol. The molecule has 2 aromatic carbocycles. The van der Waals surface area contributed by atoms with Crippen molar-refractivity contribution in [3.63, 3.8) is 0 Å². The molecule has 0 aliphatic carbocycles. The van der Waals surface area contributed by atoms with Gasteiger partial charge in [-0.25, -0.2) is 4.79 Å². The van der Waals surface area contributed by atoms with Gasteiger partial charge < -0.3 is 9.15 Å². The monoisotopic (exact) mass is 322 g/mol. The van der Waals surface area contributed by atoms with Gasteiger partial charge in [-0.2, -0.15) is 0 Å². The van der Waals surface area contributed by atoms with Gasteiger partial charge in [-0.05, 0) is 24.1 Å². The molecule has 0 aliphatic rings. The van der Waals surface area contributed by atoms with Gasteiger partial charge in [0.15, 0.2) is 5.78 Å². The zero-order valence-electron chi connectivity index (χ0n) is 13.6. The first-order valence-corrected chi connectivity index (χ1v) is 7.86. The molecule has 1 aromatic heterocycles. The number of hydrogen-bond donors (Lipinski definition) is 0. The molecule has 0 saturated carbocycles. The van der Waals surface area contributed by atoms with Crippen LogP contribution < -0.4 is 10.4 Å². The minimum absolute atomic E-state index is 0.0214. The number of carbonyl (C=O) groups excluding carboxylic acids is 1. The molecule has 24 heavy (non-hydrogen) atoms. The molecule has 0 bridgehead atoms. The minimum Gasteiger partial charge on any atom is -0.495 e. The second-order valence-electron chi connectivity index (χ2n) is 5.53. The maximum atomic E-state index is 13.1. The highest BCUT2D eigenvalue weighted by atomic mass is 16.5. The Balaban J connectivity index is 2.19. The zero-order valence-corrected chi connectivity index (χ0v) is 13.6. The summed E-state index contributed by atoms with van der Waals surface area (Å²) in [5.41, 5.74) is 0.597. The van der Waals surface area contributed by atoms with Crippen molar-refractivity contribution in [2.45, 2.75) is 19.3 Å². The van der Waals surface area contributed by atoms with E-state index in [9.17, 15) is 9.59 Å². The molecule has 0 fully saturated rings. The van der Waals surface area contributed by atoms with Crippen molar-refractivity contribution in [2.24, 2.45) is 0 Å².